The summed E-state index contributed by atoms with van der Waals surface area (Å²) in [5.74, 6) is 0.912. The van der Waals surface area contributed by atoms with Crippen molar-refractivity contribution < 1.29 is 9.21 Å². The largest absolute Gasteiger partial charge is 0.469 e. The fourth-order valence-electron chi connectivity index (χ4n) is 2.28. The fourth-order valence-corrected chi connectivity index (χ4v) is 2.28. The van der Waals surface area contributed by atoms with Crippen LogP contribution in [0.3, 0.4) is 0 Å². The van der Waals surface area contributed by atoms with Crippen molar-refractivity contribution in [3.8, 4) is 0 Å². The zero-order chi connectivity index (χ0) is 14.5. The Morgan fingerprint density at radius 2 is 2.14 bits per heavy atom. The maximum Gasteiger partial charge on any atom is 0.221 e. The molecule has 3 rings (SSSR count). The lowest BCUT2D eigenvalue weighted by Gasteiger charge is -2.05. The molecular weight excluding hydrogens is 266 g/mol. The number of benzene rings is 1. The summed E-state index contributed by atoms with van der Waals surface area (Å²) < 4.78 is 7.08. The molecule has 5 nitrogen and oxygen atoms in total. The normalized spacial score (nSPS) is 10.9. The zero-order valence-electron chi connectivity index (χ0n) is 11.7. The maximum absolute atomic E-state index is 11.8. The molecule has 0 aliphatic rings. The van der Waals surface area contributed by atoms with Gasteiger partial charge in [0.05, 0.1) is 24.5 Å². The number of aromatic nitrogens is 2. The molecule has 0 radical (unpaired) electrons. The summed E-state index contributed by atoms with van der Waals surface area (Å²) in [5.41, 5.74) is 1.06. The van der Waals surface area contributed by atoms with Crippen LogP contribution in [-0.4, -0.2) is 22.2 Å². The molecule has 2 aromatic heterocycles. The topological polar surface area (TPSA) is 60.1 Å². The van der Waals surface area contributed by atoms with E-state index in [1.54, 1.807) is 6.26 Å². The maximum atomic E-state index is 11.8. The minimum atomic E-state index is 0.0288. The van der Waals surface area contributed by atoms with Crippen molar-refractivity contribution in [3.05, 3.63) is 54.6 Å². The Morgan fingerprint density at radius 3 is 3.00 bits per heavy atom. The first-order valence-electron chi connectivity index (χ1n) is 7.02. The minimum absolute atomic E-state index is 0.0288. The molecule has 0 aliphatic heterocycles. The Balaban J connectivity index is 1.47. The van der Waals surface area contributed by atoms with Gasteiger partial charge in [-0.2, -0.15) is 5.10 Å². The van der Waals surface area contributed by atoms with Gasteiger partial charge in [0.1, 0.15) is 5.76 Å². The molecule has 1 aromatic carbocycles. The molecule has 5 heteroatoms. The first-order valence-corrected chi connectivity index (χ1v) is 7.02. The molecule has 1 N–H and O–H groups in total. The Bertz CT molecular complexity index is 716. The summed E-state index contributed by atoms with van der Waals surface area (Å²) in [5, 5.41) is 8.29. The number of hydrogen-bond acceptors (Lipinski definition) is 3. The number of nitrogens with one attached hydrogen (secondary N) is 1. The van der Waals surface area contributed by atoms with Crippen molar-refractivity contribution in [2.24, 2.45) is 0 Å². The van der Waals surface area contributed by atoms with Crippen LogP contribution in [0, 0.1) is 0 Å². The summed E-state index contributed by atoms with van der Waals surface area (Å²) in [6.45, 7) is 1.17. The van der Waals surface area contributed by atoms with Crippen LogP contribution in [0.15, 0.2) is 53.3 Å². The molecule has 0 bridgehead atoms. The number of furan rings is 1. The van der Waals surface area contributed by atoms with Crippen molar-refractivity contribution in [2.45, 2.75) is 19.4 Å². The Labute approximate surface area is 122 Å². The number of hydrogen-bond donors (Lipinski definition) is 1. The molecule has 0 unspecified atom stereocenters. The van der Waals surface area contributed by atoms with Crippen molar-refractivity contribution in [1.29, 1.82) is 0 Å². The molecule has 0 atom stereocenters. The van der Waals surface area contributed by atoms with Crippen molar-refractivity contribution >= 4 is 16.8 Å². The van der Waals surface area contributed by atoms with E-state index >= 15 is 0 Å². The summed E-state index contributed by atoms with van der Waals surface area (Å²) in [6.07, 6.45) is 4.59. The SMILES string of the molecule is O=C(CCn1ncc2ccccc21)NCCc1ccco1. The smallest absolute Gasteiger partial charge is 0.221 e. The molecule has 2 heterocycles. The summed E-state index contributed by atoms with van der Waals surface area (Å²) in [6, 6.07) is 11.7. The monoisotopic (exact) mass is 283 g/mol. The first-order chi connectivity index (χ1) is 10.3. The standard InChI is InChI=1S/C16H17N3O2/c20-16(17-9-7-14-5-3-11-21-14)8-10-19-15-6-2-1-4-13(15)12-18-19/h1-6,11-12H,7-10H2,(H,17,20). The van der Waals surface area contributed by atoms with Gasteiger partial charge in [-0.15, -0.1) is 0 Å². The van der Waals surface area contributed by atoms with Gasteiger partial charge in [0.15, 0.2) is 0 Å². The quantitative estimate of drug-likeness (QED) is 0.755. The van der Waals surface area contributed by atoms with Crippen LogP contribution in [0.2, 0.25) is 0 Å². The molecule has 3 aromatic rings. The average Bonchev–Trinajstić information content (AvgIpc) is 3.14. The van der Waals surface area contributed by atoms with Gasteiger partial charge in [0.25, 0.3) is 0 Å². The second kappa shape index (κ2) is 6.26. The molecule has 0 aliphatic carbocycles. The predicted octanol–water partition coefficient (Wildman–Crippen LogP) is 2.38. The van der Waals surface area contributed by atoms with Crippen molar-refractivity contribution in [1.82, 2.24) is 15.1 Å². The lowest BCUT2D eigenvalue weighted by molar-refractivity contribution is -0.121. The number of aryl methyl sites for hydroxylation is 1. The van der Waals surface area contributed by atoms with Crippen molar-refractivity contribution in [2.75, 3.05) is 6.54 Å². The Kier molecular flexibility index (Phi) is 4.00. The van der Waals surface area contributed by atoms with E-state index in [2.05, 4.69) is 10.4 Å². The van der Waals surface area contributed by atoms with Crippen LogP contribution in [0.4, 0.5) is 0 Å². The molecule has 0 spiro atoms. The lowest BCUT2D eigenvalue weighted by Crippen LogP contribution is -2.26. The van der Waals surface area contributed by atoms with E-state index in [0.717, 1.165) is 16.7 Å². The third-order valence-electron chi connectivity index (χ3n) is 3.38. The second-order valence-corrected chi connectivity index (χ2v) is 4.86. The van der Waals surface area contributed by atoms with Gasteiger partial charge in [-0.05, 0) is 18.2 Å². The third kappa shape index (κ3) is 3.31. The highest BCUT2D eigenvalue weighted by molar-refractivity contribution is 5.79. The number of rotatable bonds is 6. The van der Waals surface area contributed by atoms with E-state index in [0.29, 0.717) is 25.9 Å². The number of amides is 1. The molecular formula is C16H17N3O2. The number of para-hydroxylation sites is 1. The van der Waals surface area contributed by atoms with Crippen LogP contribution < -0.4 is 5.32 Å². The summed E-state index contributed by atoms with van der Waals surface area (Å²) in [7, 11) is 0. The molecule has 0 saturated heterocycles. The first kappa shape index (κ1) is 13.4. The van der Waals surface area contributed by atoms with E-state index in [-0.39, 0.29) is 5.91 Å². The fraction of sp³-hybridized carbons (Fsp3) is 0.250. The molecule has 108 valence electrons. The molecule has 0 fully saturated rings. The number of nitrogens with zero attached hydrogens (tertiary/aromatic N) is 2. The molecule has 0 saturated carbocycles. The van der Waals surface area contributed by atoms with Crippen LogP contribution in [-0.2, 0) is 17.8 Å². The van der Waals surface area contributed by atoms with Gasteiger partial charge in [0.2, 0.25) is 5.91 Å². The van der Waals surface area contributed by atoms with Gasteiger partial charge in [-0.25, -0.2) is 0 Å². The summed E-state index contributed by atoms with van der Waals surface area (Å²) in [4.78, 5) is 11.8. The second-order valence-electron chi connectivity index (χ2n) is 4.86. The highest BCUT2D eigenvalue weighted by atomic mass is 16.3. The van der Waals surface area contributed by atoms with Gasteiger partial charge in [-0.3, -0.25) is 9.48 Å². The highest BCUT2D eigenvalue weighted by Crippen LogP contribution is 2.12. The lowest BCUT2D eigenvalue weighted by atomic mass is 10.2. The number of fused-ring (bicyclic) bond motifs is 1. The molecule has 21 heavy (non-hydrogen) atoms. The highest BCUT2D eigenvalue weighted by Gasteiger charge is 2.05. The van der Waals surface area contributed by atoms with Crippen molar-refractivity contribution in [3.63, 3.8) is 0 Å². The third-order valence-corrected chi connectivity index (χ3v) is 3.38. The van der Waals surface area contributed by atoms with E-state index < -0.39 is 0 Å². The van der Waals surface area contributed by atoms with Crippen LogP contribution in [0.5, 0.6) is 0 Å². The van der Waals surface area contributed by atoms with Gasteiger partial charge >= 0.3 is 0 Å². The predicted molar refractivity (Wildman–Crippen MR) is 79.8 cm³/mol. The van der Waals surface area contributed by atoms with E-state index in [1.807, 2.05) is 47.3 Å². The van der Waals surface area contributed by atoms with Crippen LogP contribution in [0.25, 0.3) is 10.9 Å². The Morgan fingerprint density at radius 1 is 1.24 bits per heavy atom. The van der Waals surface area contributed by atoms with E-state index in [1.165, 1.54) is 0 Å². The van der Waals surface area contributed by atoms with Crippen LogP contribution in [0.1, 0.15) is 12.2 Å². The Hall–Kier alpha value is -2.56. The minimum Gasteiger partial charge on any atom is -0.469 e. The van der Waals surface area contributed by atoms with E-state index in [9.17, 15) is 4.79 Å². The van der Waals surface area contributed by atoms with Gasteiger partial charge < -0.3 is 9.73 Å². The average molecular weight is 283 g/mol. The van der Waals surface area contributed by atoms with Crippen LogP contribution >= 0.6 is 0 Å². The van der Waals surface area contributed by atoms with Gasteiger partial charge in [0, 0.05) is 24.8 Å². The van der Waals surface area contributed by atoms with Gasteiger partial charge in [-0.1, -0.05) is 18.2 Å². The zero-order valence-corrected chi connectivity index (χ0v) is 11.7. The summed E-state index contributed by atoms with van der Waals surface area (Å²) >= 11 is 0. The number of carbonyl (C=O) groups excluding carboxylic acids is 1. The van der Waals surface area contributed by atoms with E-state index in [4.69, 9.17) is 4.42 Å². The number of carbonyl (C=O) groups is 1. The molecule has 1 amide bonds.